The Balaban J connectivity index is 1.86. The first kappa shape index (κ1) is 23.7. The van der Waals surface area contributed by atoms with Crippen LogP contribution in [0.1, 0.15) is 29.4 Å². The Morgan fingerprint density at radius 3 is 1.69 bits per heavy atom. The Labute approximate surface area is 190 Å². The predicted octanol–water partition coefficient (Wildman–Crippen LogP) is 3.77. The van der Waals surface area contributed by atoms with Gasteiger partial charge in [0.2, 0.25) is 10.0 Å². The summed E-state index contributed by atoms with van der Waals surface area (Å²) in [5.74, 6) is 1.96. The zero-order chi connectivity index (χ0) is 23.1. The molecular weight excluding hydrogens is 426 g/mol. The van der Waals surface area contributed by atoms with Gasteiger partial charge < -0.3 is 9.47 Å². The van der Waals surface area contributed by atoms with Gasteiger partial charge in [-0.25, -0.2) is 18.4 Å². The van der Waals surface area contributed by atoms with E-state index in [0.29, 0.717) is 5.82 Å². The molecule has 0 saturated heterocycles. The van der Waals surface area contributed by atoms with Gasteiger partial charge in [-0.05, 0) is 54.8 Å². The number of ether oxygens (including phenoxy) is 2. The van der Waals surface area contributed by atoms with E-state index in [4.69, 9.17) is 9.47 Å². The third-order valence-corrected chi connectivity index (χ3v) is 7.37. The van der Waals surface area contributed by atoms with E-state index in [0.717, 1.165) is 28.2 Å². The summed E-state index contributed by atoms with van der Waals surface area (Å²) in [6.45, 7) is 4.10. The van der Waals surface area contributed by atoms with Crippen LogP contribution in [0.2, 0.25) is 0 Å². The van der Waals surface area contributed by atoms with Gasteiger partial charge in [-0.15, -0.1) is 0 Å². The molecule has 0 aliphatic carbocycles. The van der Waals surface area contributed by atoms with Gasteiger partial charge in [-0.1, -0.05) is 24.3 Å². The van der Waals surface area contributed by atoms with Gasteiger partial charge in [-0.2, -0.15) is 4.31 Å². The van der Waals surface area contributed by atoms with Crippen molar-refractivity contribution in [2.75, 3.05) is 14.2 Å². The summed E-state index contributed by atoms with van der Waals surface area (Å²) in [4.78, 5) is 8.55. The standard InChI is InChI=1S/C24H29N3O4S/c1-18-14-25-24(26-15-18)13-19(2)32(28,29)27(16-20-5-9-22(30-3)10-6-20)17-21-7-11-23(31-4)12-8-21/h5-12,14-15,19H,13,16-17H2,1-4H3. The fraction of sp³-hybridized carbons (Fsp3) is 0.333. The fourth-order valence-electron chi connectivity index (χ4n) is 3.25. The molecule has 7 nitrogen and oxygen atoms in total. The Bertz CT molecular complexity index is 1050. The number of methoxy groups -OCH3 is 2. The van der Waals surface area contributed by atoms with Gasteiger partial charge >= 0.3 is 0 Å². The normalized spacial score (nSPS) is 12.5. The molecule has 0 bridgehead atoms. The molecule has 8 heteroatoms. The fourth-order valence-corrected chi connectivity index (χ4v) is 4.77. The van der Waals surface area contributed by atoms with E-state index in [2.05, 4.69) is 9.97 Å². The van der Waals surface area contributed by atoms with Gasteiger partial charge in [0, 0.05) is 31.9 Å². The lowest BCUT2D eigenvalue weighted by Gasteiger charge is -2.26. The van der Waals surface area contributed by atoms with Crippen molar-refractivity contribution in [3.63, 3.8) is 0 Å². The molecule has 0 amide bonds. The highest BCUT2D eigenvalue weighted by molar-refractivity contribution is 7.89. The van der Waals surface area contributed by atoms with E-state index in [-0.39, 0.29) is 19.5 Å². The molecule has 170 valence electrons. The minimum atomic E-state index is -3.65. The van der Waals surface area contributed by atoms with Crippen LogP contribution in [-0.4, -0.2) is 42.2 Å². The highest BCUT2D eigenvalue weighted by Gasteiger charge is 2.30. The Hall–Kier alpha value is -2.97. The highest BCUT2D eigenvalue weighted by Crippen LogP contribution is 2.22. The number of aromatic nitrogens is 2. The van der Waals surface area contributed by atoms with Gasteiger partial charge in [0.15, 0.2) is 0 Å². The predicted molar refractivity (Wildman–Crippen MR) is 124 cm³/mol. The number of hydrogen-bond acceptors (Lipinski definition) is 6. The molecular formula is C24H29N3O4S. The van der Waals surface area contributed by atoms with Gasteiger partial charge in [0.25, 0.3) is 0 Å². The van der Waals surface area contributed by atoms with Crippen LogP contribution in [0.25, 0.3) is 0 Å². The van der Waals surface area contributed by atoms with Crippen molar-refractivity contribution in [1.82, 2.24) is 14.3 Å². The molecule has 0 aliphatic heterocycles. The van der Waals surface area contributed by atoms with Crippen LogP contribution in [0.4, 0.5) is 0 Å². The maximum absolute atomic E-state index is 13.6. The second-order valence-electron chi connectivity index (χ2n) is 7.70. The van der Waals surface area contributed by atoms with E-state index in [1.807, 2.05) is 55.5 Å². The first-order valence-electron chi connectivity index (χ1n) is 10.3. The number of hydrogen-bond donors (Lipinski definition) is 0. The lowest BCUT2D eigenvalue weighted by Crippen LogP contribution is -2.38. The van der Waals surface area contributed by atoms with Crippen LogP contribution >= 0.6 is 0 Å². The molecule has 3 aromatic rings. The van der Waals surface area contributed by atoms with E-state index in [1.54, 1.807) is 33.5 Å². The summed E-state index contributed by atoms with van der Waals surface area (Å²) in [5, 5.41) is -0.679. The van der Waals surface area contributed by atoms with Gasteiger partial charge in [-0.3, -0.25) is 0 Å². The van der Waals surface area contributed by atoms with E-state index in [1.165, 1.54) is 4.31 Å². The number of aryl methyl sites for hydroxylation is 1. The minimum Gasteiger partial charge on any atom is -0.497 e. The van der Waals surface area contributed by atoms with Crippen molar-refractivity contribution in [2.45, 2.75) is 38.6 Å². The number of sulfonamides is 1. The molecule has 0 fully saturated rings. The smallest absolute Gasteiger partial charge is 0.217 e. The van der Waals surface area contributed by atoms with Crippen molar-refractivity contribution in [3.05, 3.63) is 83.4 Å². The third kappa shape index (κ3) is 6.05. The van der Waals surface area contributed by atoms with Crippen molar-refractivity contribution < 1.29 is 17.9 Å². The summed E-state index contributed by atoms with van der Waals surface area (Å²) < 4.78 is 39.1. The SMILES string of the molecule is COc1ccc(CN(Cc2ccc(OC)cc2)S(=O)(=O)C(C)Cc2ncc(C)cn2)cc1. The molecule has 1 heterocycles. The van der Waals surface area contributed by atoms with Gasteiger partial charge in [0.05, 0.1) is 19.5 Å². The van der Waals surface area contributed by atoms with Crippen molar-refractivity contribution in [1.29, 1.82) is 0 Å². The molecule has 3 rings (SSSR count). The third-order valence-electron chi connectivity index (χ3n) is 5.21. The largest absolute Gasteiger partial charge is 0.497 e. The van der Waals surface area contributed by atoms with Crippen LogP contribution < -0.4 is 9.47 Å². The summed E-state index contributed by atoms with van der Waals surface area (Å²) in [6, 6.07) is 14.8. The molecule has 0 radical (unpaired) electrons. The Morgan fingerprint density at radius 1 is 0.844 bits per heavy atom. The van der Waals surface area contributed by atoms with Crippen LogP contribution in [0.5, 0.6) is 11.5 Å². The zero-order valence-electron chi connectivity index (χ0n) is 18.9. The van der Waals surface area contributed by atoms with E-state index >= 15 is 0 Å². The number of rotatable bonds is 10. The second kappa shape index (κ2) is 10.6. The summed E-state index contributed by atoms with van der Waals surface area (Å²) in [6.07, 6.45) is 3.65. The Morgan fingerprint density at radius 2 is 1.28 bits per heavy atom. The Kier molecular flexibility index (Phi) is 7.82. The van der Waals surface area contributed by atoms with Crippen molar-refractivity contribution >= 4 is 10.0 Å². The maximum atomic E-state index is 13.6. The highest BCUT2D eigenvalue weighted by atomic mass is 32.2. The summed E-state index contributed by atoms with van der Waals surface area (Å²) in [7, 11) is -0.443. The lowest BCUT2D eigenvalue weighted by atomic mass is 10.2. The minimum absolute atomic E-state index is 0.240. The van der Waals surface area contributed by atoms with E-state index in [9.17, 15) is 8.42 Å². The van der Waals surface area contributed by atoms with Crippen LogP contribution in [0.3, 0.4) is 0 Å². The van der Waals surface area contributed by atoms with Crippen LogP contribution in [-0.2, 0) is 29.5 Å². The van der Waals surface area contributed by atoms with Crippen molar-refractivity contribution in [3.8, 4) is 11.5 Å². The topological polar surface area (TPSA) is 81.6 Å². The average Bonchev–Trinajstić information content (AvgIpc) is 2.81. The van der Waals surface area contributed by atoms with Crippen molar-refractivity contribution in [2.24, 2.45) is 0 Å². The molecule has 1 atom stereocenters. The molecule has 1 aromatic heterocycles. The summed E-state index contributed by atoms with van der Waals surface area (Å²) in [5.41, 5.74) is 2.69. The number of benzene rings is 2. The average molecular weight is 456 g/mol. The van der Waals surface area contributed by atoms with E-state index < -0.39 is 15.3 Å². The van der Waals surface area contributed by atoms with Gasteiger partial charge in [0.1, 0.15) is 17.3 Å². The first-order chi connectivity index (χ1) is 15.3. The molecule has 0 spiro atoms. The number of nitrogens with zero attached hydrogens (tertiary/aromatic N) is 3. The monoisotopic (exact) mass is 455 g/mol. The van der Waals surface area contributed by atoms with Crippen LogP contribution in [0, 0.1) is 6.92 Å². The quantitative estimate of drug-likeness (QED) is 0.463. The van der Waals surface area contributed by atoms with Crippen LogP contribution in [0.15, 0.2) is 60.9 Å². The zero-order valence-corrected chi connectivity index (χ0v) is 19.7. The maximum Gasteiger partial charge on any atom is 0.217 e. The molecule has 0 aliphatic rings. The molecule has 32 heavy (non-hydrogen) atoms. The molecule has 1 unspecified atom stereocenters. The lowest BCUT2D eigenvalue weighted by molar-refractivity contribution is 0.391. The second-order valence-corrected chi connectivity index (χ2v) is 10.1. The molecule has 0 saturated carbocycles. The first-order valence-corrected chi connectivity index (χ1v) is 11.8. The molecule has 2 aromatic carbocycles. The summed E-state index contributed by atoms with van der Waals surface area (Å²) >= 11 is 0. The molecule has 0 N–H and O–H groups in total.